The van der Waals surface area contributed by atoms with Crippen LogP contribution < -0.4 is 10.2 Å². The van der Waals surface area contributed by atoms with E-state index in [4.69, 9.17) is 0 Å². The Morgan fingerprint density at radius 3 is 2.60 bits per heavy atom. The first-order valence-corrected chi connectivity index (χ1v) is 9.74. The van der Waals surface area contributed by atoms with Crippen LogP contribution in [0.15, 0.2) is 48.5 Å². The van der Waals surface area contributed by atoms with Gasteiger partial charge in [0.1, 0.15) is 0 Å². The molecule has 2 atom stereocenters. The number of anilines is 1. The summed E-state index contributed by atoms with van der Waals surface area (Å²) in [5.74, 6) is 0. The van der Waals surface area contributed by atoms with E-state index in [1.807, 2.05) is 0 Å². The van der Waals surface area contributed by atoms with Crippen molar-refractivity contribution in [3.05, 3.63) is 65.2 Å². The Morgan fingerprint density at radius 2 is 1.88 bits per heavy atom. The van der Waals surface area contributed by atoms with Crippen LogP contribution in [-0.4, -0.2) is 26.2 Å². The highest BCUT2D eigenvalue weighted by Crippen LogP contribution is 2.26. The number of nitrogens with zero attached hydrogens (tertiary/aromatic N) is 1. The minimum absolute atomic E-state index is 0.615. The molecule has 0 radical (unpaired) electrons. The first-order chi connectivity index (χ1) is 12.2. The van der Waals surface area contributed by atoms with Gasteiger partial charge in [-0.3, -0.25) is 0 Å². The zero-order valence-corrected chi connectivity index (χ0v) is 16.0. The lowest BCUT2D eigenvalue weighted by molar-refractivity contribution is 0.371. The van der Waals surface area contributed by atoms with Crippen molar-refractivity contribution in [1.29, 1.82) is 0 Å². The molecule has 3 rings (SSSR count). The van der Waals surface area contributed by atoms with E-state index in [9.17, 15) is 0 Å². The summed E-state index contributed by atoms with van der Waals surface area (Å²) in [7, 11) is 4.24. The highest BCUT2D eigenvalue weighted by molar-refractivity contribution is 5.50. The van der Waals surface area contributed by atoms with Crippen molar-refractivity contribution in [2.24, 2.45) is 0 Å². The van der Waals surface area contributed by atoms with Gasteiger partial charge in [-0.25, -0.2) is 0 Å². The fourth-order valence-corrected chi connectivity index (χ4v) is 3.89. The first kappa shape index (κ1) is 18.0. The van der Waals surface area contributed by atoms with Gasteiger partial charge >= 0.3 is 0 Å². The summed E-state index contributed by atoms with van der Waals surface area (Å²) >= 11 is 0. The molecule has 0 saturated heterocycles. The SMILES string of the molecule is CCC(CCc1ccccc1)NC1CCc2ccc(N(C)C)cc2C1. The minimum atomic E-state index is 0.615. The van der Waals surface area contributed by atoms with Gasteiger partial charge in [0.15, 0.2) is 0 Å². The molecule has 0 amide bonds. The van der Waals surface area contributed by atoms with Crippen molar-refractivity contribution < 1.29 is 0 Å². The second kappa shape index (κ2) is 8.53. The Balaban J connectivity index is 1.58. The van der Waals surface area contributed by atoms with Gasteiger partial charge in [0.25, 0.3) is 0 Å². The van der Waals surface area contributed by atoms with Gasteiger partial charge in [-0.2, -0.15) is 0 Å². The standard InChI is InChI=1S/C23H32N2/c1-4-21(13-10-18-8-6-5-7-9-18)24-22-14-11-19-12-15-23(25(2)3)17-20(19)16-22/h5-9,12,15,17,21-22,24H,4,10-11,13-14,16H2,1-3H3. The molecule has 0 fully saturated rings. The molecule has 134 valence electrons. The largest absolute Gasteiger partial charge is 0.378 e. The van der Waals surface area contributed by atoms with Crippen LogP contribution in [0, 0.1) is 0 Å². The normalized spacial score (nSPS) is 17.8. The zero-order chi connectivity index (χ0) is 17.6. The predicted octanol–water partition coefficient (Wildman–Crippen LogP) is 4.61. The number of hydrogen-bond donors (Lipinski definition) is 1. The second-order valence-electron chi connectivity index (χ2n) is 7.58. The van der Waals surface area contributed by atoms with Crippen molar-refractivity contribution in [1.82, 2.24) is 5.32 Å². The fraction of sp³-hybridized carbons (Fsp3) is 0.478. The number of benzene rings is 2. The summed E-state index contributed by atoms with van der Waals surface area (Å²) < 4.78 is 0. The lowest BCUT2D eigenvalue weighted by atomic mass is 9.87. The van der Waals surface area contributed by atoms with Crippen LogP contribution in [0.4, 0.5) is 5.69 Å². The van der Waals surface area contributed by atoms with Gasteiger partial charge in [-0.15, -0.1) is 0 Å². The van der Waals surface area contributed by atoms with Gasteiger partial charge in [0.05, 0.1) is 0 Å². The van der Waals surface area contributed by atoms with Crippen molar-refractivity contribution in [2.45, 2.75) is 57.5 Å². The number of rotatable bonds is 7. The van der Waals surface area contributed by atoms with Crippen LogP contribution >= 0.6 is 0 Å². The number of fused-ring (bicyclic) bond motifs is 1. The quantitative estimate of drug-likeness (QED) is 0.794. The molecule has 2 unspecified atom stereocenters. The molecule has 0 aliphatic heterocycles. The molecule has 0 bridgehead atoms. The molecule has 0 saturated carbocycles. The third kappa shape index (κ3) is 4.85. The molecule has 1 aliphatic carbocycles. The lowest BCUT2D eigenvalue weighted by Crippen LogP contribution is -2.41. The van der Waals surface area contributed by atoms with Crippen molar-refractivity contribution in [3.8, 4) is 0 Å². The van der Waals surface area contributed by atoms with Crippen LogP contribution in [-0.2, 0) is 19.3 Å². The highest BCUT2D eigenvalue weighted by atomic mass is 15.1. The van der Waals surface area contributed by atoms with E-state index in [0.29, 0.717) is 12.1 Å². The molecule has 2 nitrogen and oxygen atoms in total. The van der Waals surface area contributed by atoms with Crippen molar-refractivity contribution in [2.75, 3.05) is 19.0 Å². The topological polar surface area (TPSA) is 15.3 Å². The Labute approximate surface area is 153 Å². The average Bonchev–Trinajstić information content (AvgIpc) is 2.65. The summed E-state index contributed by atoms with van der Waals surface area (Å²) in [5, 5.41) is 3.95. The zero-order valence-electron chi connectivity index (χ0n) is 16.0. The monoisotopic (exact) mass is 336 g/mol. The molecule has 0 aromatic heterocycles. The van der Waals surface area contributed by atoms with E-state index in [2.05, 4.69) is 79.8 Å². The van der Waals surface area contributed by atoms with Gasteiger partial charge < -0.3 is 10.2 Å². The van der Waals surface area contributed by atoms with Gasteiger partial charge in [0.2, 0.25) is 0 Å². The minimum Gasteiger partial charge on any atom is -0.378 e. The van der Waals surface area contributed by atoms with E-state index in [1.54, 1.807) is 5.56 Å². The maximum atomic E-state index is 3.95. The molecule has 1 N–H and O–H groups in total. The fourth-order valence-electron chi connectivity index (χ4n) is 3.89. The Morgan fingerprint density at radius 1 is 1.08 bits per heavy atom. The van der Waals surface area contributed by atoms with E-state index < -0.39 is 0 Å². The lowest BCUT2D eigenvalue weighted by Gasteiger charge is -2.30. The van der Waals surface area contributed by atoms with E-state index in [0.717, 1.165) is 0 Å². The molecule has 2 aromatic rings. The first-order valence-electron chi connectivity index (χ1n) is 9.74. The maximum Gasteiger partial charge on any atom is 0.0363 e. The number of aryl methyl sites for hydroxylation is 2. The molecule has 0 spiro atoms. The van der Waals surface area contributed by atoms with Crippen molar-refractivity contribution >= 4 is 5.69 Å². The third-order valence-corrected chi connectivity index (χ3v) is 5.52. The average molecular weight is 337 g/mol. The molecule has 2 heteroatoms. The van der Waals surface area contributed by atoms with E-state index >= 15 is 0 Å². The summed E-state index contributed by atoms with van der Waals surface area (Å²) in [5.41, 5.74) is 5.84. The Bertz CT molecular complexity index is 663. The van der Waals surface area contributed by atoms with Crippen LogP contribution in [0.2, 0.25) is 0 Å². The van der Waals surface area contributed by atoms with Gasteiger partial charge in [-0.1, -0.05) is 43.3 Å². The van der Waals surface area contributed by atoms with Gasteiger partial charge in [-0.05, 0) is 67.3 Å². The molecule has 2 aromatic carbocycles. The molecular formula is C23H32N2. The Hall–Kier alpha value is -1.80. The predicted molar refractivity (Wildman–Crippen MR) is 109 cm³/mol. The summed E-state index contributed by atoms with van der Waals surface area (Å²) in [6, 6.07) is 19.1. The van der Waals surface area contributed by atoms with Crippen LogP contribution in [0.1, 0.15) is 42.9 Å². The summed E-state index contributed by atoms with van der Waals surface area (Å²) in [6.07, 6.45) is 7.22. The highest BCUT2D eigenvalue weighted by Gasteiger charge is 2.21. The smallest absolute Gasteiger partial charge is 0.0363 e. The molecular weight excluding hydrogens is 304 g/mol. The van der Waals surface area contributed by atoms with Crippen LogP contribution in [0.25, 0.3) is 0 Å². The van der Waals surface area contributed by atoms with Crippen molar-refractivity contribution in [3.63, 3.8) is 0 Å². The number of nitrogens with one attached hydrogen (secondary N) is 1. The summed E-state index contributed by atoms with van der Waals surface area (Å²) in [4.78, 5) is 2.20. The maximum absolute atomic E-state index is 3.95. The summed E-state index contributed by atoms with van der Waals surface area (Å²) in [6.45, 7) is 2.31. The molecule has 0 heterocycles. The van der Waals surface area contributed by atoms with E-state index in [1.165, 1.54) is 55.3 Å². The second-order valence-corrected chi connectivity index (χ2v) is 7.58. The third-order valence-electron chi connectivity index (χ3n) is 5.52. The van der Waals surface area contributed by atoms with Crippen LogP contribution in [0.5, 0.6) is 0 Å². The van der Waals surface area contributed by atoms with Crippen LogP contribution in [0.3, 0.4) is 0 Å². The molecule has 25 heavy (non-hydrogen) atoms. The molecule has 1 aliphatic rings. The van der Waals surface area contributed by atoms with E-state index in [-0.39, 0.29) is 0 Å². The number of hydrogen-bond acceptors (Lipinski definition) is 2. The van der Waals surface area contributed by atoms with Gasteiger partial charge in [0, 0.05) is 31.9 Å². The Kier molecular flexibility index (Phi) is 6.14.